The minimum Gasteiger partial charge on any atom is -0.452 e. The number of amides is 2. The van der Waals surface area contributed by atoms with Crippen molar-refractivity contribution in [2.45, 2.75) is 19.9 Å². The molecule has 0 radical (unpaired) electrons. The van der Waals surface area contributed by atoms with E-state index in [-0.39, 0.29) is 24.5 Å². The molecule has 1 atom stereocenters. The van der Waals surface area contributed by atoms with Crippen LogP contribution in [0.3, 0.4) is 0 Å². The Morgan fingerprint density at radius 1 is 1.14 bits per heavy atom. The standard InChI is InChI=1S/C21H21N3O4S/c1-13(20-23-17-6-4-5-7-18(17)29-20)24(3)19(26)12-28-21(27)15-8-10-16(11-9-15)22-14(2)25/h4-11,13H,12H2,1-3H3,(H,22,25)/t13-/m0/s1. The minimum atomic E-state index is -0.603. The molecule has 2 aromatic carbocycles. The van der Waals surface area contributed by atoms with Gasteiger partial charge in [-0.1, -0.05) is 12.1 Å². The second kappa shape index (κ2) is 8.83. The lowest BCUT2D eigenvalue weighted by Gasteiger charge is -2.23. The Balaban J connectivity index is 1.57. The summed E-state index contributed by atoms with van der Waals surface area (Å²) in [7, 11) is 1.66. The van der Waals surface area contributed by atoms with Crippen LogP contribution in [0.25, 0.3) is 10.2 Å². The van der Waals surface area contributed by atoms with Gasteiger partial charge in [0.25, 0.3) is 5.91 Å². The molecule has 3 aromatic rings. The maximum absolute atomic E-state index is 12.5. The first-order chi connectivity index (χ1) is 13.8. The zero-order valence-corrected chi connectivity index (χ0v) is 17.2. The number of carbonyl (C=O) groups is 3. The Morgan fingerprint density at radius 3 is 2.48 bits per heavy atom. The molecule has 150 valence electrons. The molecule has 8 heteroatoms. The Hall–Kier alpha value is -3.26. The van der Waals surface area contributed by atoms with Crippen molar-refractivity contribution >= 4 is 45.0 Å². The van der Waals surface area contributed by atoms with E-state index in [0.717, 1.165) is 15.2 Å². The second-order valence-electron chi connectivity index (χ2n) is 6.54. The number of nitrogens with zero attached hydrogens (tertiary/aromatic N) is 2. The van der Waals surface area contributed by atoms with Gasteiger partial charge in [0.1, 0.15) is 5.01 Å². The van der Waals surface area contributed by atoms with Crippen molar-refractivity contribution in [1.29, 1.82) is 0 Å². The Labute approximate surface area is 172 Å². The van der Waals surface area contributed by atoms with Gasteiger partial charge in [-0.15, -0.1) is 11.3 Å². The summed E-state index contributed by atoms with van der Waals surface area (Å²) in [6.07, 6.45) is 0. The van der Waals surface area contributed by atoms with Gasteiger partial charge >= 0.3 is 5.97 Å². The molecule has 0 saturated heterocycles. The van der Waals surface area contributed by atoms with Crippen LogP contribution in [0.1, 0.15) is 35.3 Å². The van der Waals surface area contributed by atoms with Gasteiger partial charge in [-0.3, -0.25) is 9.59 Å². The second-order valence-corrected chi connectivity index (χ2v) is 7.60. The Bertz CT molecular complexity index is 1010. The topological polar surface area (TPSA) is 88.6 Å². The molecule has 0 aliphatic rings. The van der Waals surface area contributed by atoms with E-state index in [4.69, 9.17) is 4.74 Å². The van der Waals surface area contributed by atoms with Gasteiger partial charge in [0.05, 0.1) is 21.8 Å². The SMILES string of the molecule is CC(=O)Nc1ccc(C(=O)OCC(=O)N(C)[C@@H](C)c2nc3ccccc3s2)cc1. The zero-order chi connectivity index (χ0) is 21.0. The van der Waals surface area contributed by atoms with Crippen LogP contribution in [-0.2, 0) is 14.3 Å². The van der Waals surface area contributed by atoms with E-state index >= 15 is 0 Å². The molecule has 29 heavy (non-hydrogen) atoms. The van der Waals surface area contributed by atoms with E-state index in [0.29, 0.717) is 11.3 Å². The fraction of sp³-hybridized carbons (Fsp3) is 0.238. The Kier molecular flexibility index (Phi) is 6.23. The number of fused-ring (bicyclic) bond motifs is 1. The lowest BCUT2D eigenvalue weighted by atomic mass is 10.2. The summed E-state index contributed by atoms with van der Waals surface area (Å²) in [5.41, 5.74) is 1.78. The summed E-state index contributed by atoms with van der Waals surface area (Å²) in [4.78, 5) is 41.8. The first-order valence-electron chi connectivity index (χ1n) is 9.01. The molecule has 0 aliphatic heterocycles. The summed E-state index contributed by atoms with van der Waals surface area (Å²) >= 11 is 1.54. The van der Waals surface area contributed by atoms with E-state index in [1.807, 2.05) is 31.2 Å². The van der Waals surface area contributed by atoms with E-state index in [1.54, 1.807) is 19.2 Å². The number of likely N-dealkylation sites (N-methyl/N-ethyl adjacent to an activating group) is 1. The average Bonchev–Trinajstić information content (AvgIpc) is 3.15. The van der Waals surface area contributed by atoms with Crippen LogP contribution in [0.4, 0.5) is 5.69 Å². The number of esters is 1. The smallest absolute Gasteiger partial charge is 0.338 e. The molecular formula is C21H21N3O4S. The number of nitrogens with one attached hydrogen (secondary N) is 1. The van der Waals surface area contributed by atoms with Crippen LogP contribution >= 0.6 is 11.3 Å². The third-order valence-electron chi connectivity index (χ3n) is 4.41. The highest BCUT2D eigenvalue weighted by Crippen LogP contribution is 2.28. The first kappa shape index (κ1) is 20.5. The van der Waals surface area contributed by atoms with E-state index in [1.165, 1.54) is 35.3 Å². The maximum atomic E-state index is 12.5. The molecule has 1 aromatic heterocycles. The fourth-order valence-corrected chi connectivity index (χ4v) is 3.72. The lowest BCUT2D eigenvalue weighted by Crippen LogP contribution is -2.33. The number of aromatic nitrogens is 1. The first-order valence-corrected chi connectivity index (χ1v) is 9.82. The van der Waals surface area contributed by atoms with Crippen molar-refractivity contribution in [2.24, 2.45) is 0 Å². The third kappa shape index (κ3) is 4.97. The van der Waals surface area contributed by atoms with Crippen molar-refractivity contribution in [3.63, 3.8) is 0 Å². The number of hydrogen-bond donors (Lipinski definition) is 1. The van der Waals surface area contributed by atoms with E-state index in [9.17, 15) is 14.4 Å². The maximum Gasteiger partial charge on any atom is 0.338 e. The third-order valence-corrected chi connectivity index (χ3v) is 5.62. The summed E-state index contributed by atoms with van der Waals surface area (Å²) in [5.74, 6) is -1.12. The largest absolute Gasteiger partial charge is 0.452 e. The number of thiazole rings is 1. The van der Waals surface area contributed by atoms with Crippen LogP contribution in [0.2, 0.25) is 0 Å². The molecule has 1 N–H and O–H groups in total. The number of rotatable bonds is 6. The van der Waals surface area contributed by atoms with Gasteiger partial charge in [0.15, 0.2) is 6.61 Å². The highest BCUT2D eigenvalue weighted by Gasteiger charge is 2.22. The zero-order valence-electron chi connectivity index (χ0n) is 16.3. The van der Waals surface area contributed by atoms with Gasteiger partial charge in [-0.25, -0.2) is 9.78 Å². The molecule has 3 rings (SSSR count). The van der Waals surface area contributed by atoms with E-state index < -0.39 is 5.97 Å². The van der Waals surface area contributed by atoms with Crippen LogP contribution in [0.5, 0.6) is 0 Å². The number of ether oxygens (including phenoxy) is 1. The predicted octanol–water partition coefficient (Wildman–Crippen LogP) is 3.63. The van der Waals surface area contributed by atoms with Gasteiger partial charge in [-0.2, -0.15) is 0 Å². The van der Waals surface area contributed by atoms with Crippen LogP contribution in [-0.4, -0.2) is 41.3 Å². The monoisotopic (exact) mass is 411 g/mol. The van der Waals surface area contributed by atoms with Crippen molar-refractivity contribution in [3.05, 3.63) is 59.1 Å². The van der Waals surface area contributed by atoms with Crippen LogP contribution in [0.15, 0.2) is 48.5 Å². The van der Waals surface area contributed by atoms with Crippen molar-refractivity contribution in [3.8, 4) is 0 Å². The number of anilines is 1. The van der Waals surface area contributed by atoms with Crippen LogP contribution < -0.4 is 5.32 Å². The number of carbonyl (C=O) groups excluding carboxylic acids is 3. The van der Waals surface area contributed by atoms with Gasteiger partial charge in [0.2, 0.25) is 5.91 Å². The number of benzene rings is 2. The minimum absolute atomic E-state index is 0.198. The summed E-state index contributed by atoms with van der Waals surface area (Å²) in [6, 6.07) is 13.8. The normalized spacial score (nSPS) is 11.7. The molecule has 7 nitrogen and oxygen atoms in total. The van der Waals surface area contributed by atoms with Gasteiger partial charge < -0.3 is 15.0 Å². The quantitative estimate of drug-likeness (QED) is 0.626. The van der Waals surface area contributed by atoms with Gasteiger partial charge in [0, 0.05) is 19.7 Å². The molecule has 0 unspecified atom stereocenters. The fourth-order valence-electron chi connectivity index (χ4n) is 2.66. The van der Waals surface area contributed by atoms with Crippen molar-refractivity contribution in [2.75, 3.05) is 19.0 Å². The molecule has 1 heterocycles. The van der Waals surface area contributed by atoms with Crippen molar-refractivity contribution < 1.29 is 19.1 Å². The summed E-state index contributed by atoms with van der Waals surface area (Å²) in [6.45, 7) is 2.93. The summed E-state index contributed by atoms with van der Waals surface area (Å²) in [5, 5.41) is 3.44. The van der Waals surface area contributed by atoms with E-state index in [2.05, 4.69) is 10.3 Å². The van der Waals surface area contributed by atoms with Gasteiger partial charge in [-0.05, 0) is 43.3 Å². The molecule has 0 spiro atoms. The molecule has 0 bridgehead atoms. The molecule has 0 saturated carbocycles. The summed E-state index contributed by atoms with van der Waals surface area (Å²) < 4.78 is 6.20. The highest BCUT2D eigenvalue weighted by molar-refractivity contribution is 7.18. The molecule has 0 aliphatic carbocycles. The highest BCUT2D eigenvalue weighted by atomic mass is 32.1. The Morgan fingerprint density at radius 2 is 1.83 bits per heavy atom. The van der Waals surface area contributed by atoms with Crippen LogP contribution in [0, 0.1) is 0 Å². The molecule has 0 fully saturated rings. The molecule has 2 amide bonds. The van der Waals surface area contributed by atoms with Crippen molar-refractivity contribution in [1.82, 2.24) is 9.88 Å². The lowest BCUT2D eigenvalue weighted by molar-refractivity contribution is -0.135. The average molecular weight is 411 g/mol. The predicted molar refractivity (Wildman–Crippen MR) is 112 cm³/mol. The number of hydrogen-bond acceptors (Lipinski definition) is 6. The number of para-hydroxylation sites is 1. The molecular weight excluding hydrogens is 390 g/mol.